The molecule has 0 radical (unpaired) electrons. The SMILES string of the molecule is Cc1ccc2c(n1)CCCNC2. The number of rotatable bonds is 0. The van der Waals surface area contributed by atoms with Gasteiger partial charge in [-0.1, -0.05) is 6.07 Å². The van der Waals surface area contributed by atoms with E-state index in [2.05, 4.69) is 29.4 Å². The first kappa shape index (κ1) is 7.74. The fraction of sp³-hybridized carbons (Fsp3) is 0.500. The van der Waals surface area contributed by atoms with Crippen LogP contribution in [0.15, 0.2) is 12.1 Å². The van der Waals surface area contributed by atoms with E-state index >= 15 is 0 Å². The predicted molar refractivity (Wildman–Crippen MR) is 49.0 cm³/mol. The smallest absolute Gasteiger partial charge is 0.0452 e. The summed E-state index contributed by atoms with van der Waals surface area (Å²) in [6.45, 7) is 4.16. The Morgan fingerprint density at radius 3 is 3.25 bits per heavy atom. The minimum Gasteiger partial charge on any atom is -0.313 e. The van der Waals surface area contributed by atoms with Gasteiger partial charge in [0.05, 0.1) is 0 Å². The van der Waals surface area contributed by atoms with E-state index in [1.807, 2.05) is 0 Å². The molecule has 0 saturated heterocycles. The molecule has 64 valence electrons. The highest BCUT2D eigenvalue weighted by molar-refractivity contribution is 5.23. The van der Waals surface area contributed by atoms with E-state index in [0.29, 0.717) is 0 Å². The van der Waals surface area contributed by atoms with E-state index in [1.54, 1.807) is 0 Å². The van der Waals surface area contributed by atoms with Crippen LogP contribution in [0.2, 0.25) is 0 Å². The van der Waals surface area contributed by atoms with Crippen molar-refractivity contribution in [2.24, 2.45) is 0 Å². The highest BCUT2D eigenvalue weighted by atomic mass is 14.9. The molecule has 2 heteroatoms. The van der Waals surface area contributed by atoms with Gasteiger partial charge < -0.3 is 5.32 Å². The van der Waals surface area contributed by atoms with Gasteiger partial charge in [0.1, 0.15) is 0 Å². The molecule has 1 aromatic rings. The van der Waals surface area contributed by atoms with Crippen molar-refractivity contribution in [1.82, 2.24) is 10.3 Å². The van der Waals surface area contributed by atoms with Gasteiger partial charge in [0.2, 0.25) is 0 Å². The quantitative estimate of drug-likeness (QED) is 0.624. The lowest BCUT2D eigenvalue weighted by atomic mass is 10.1. The van der Waals surface area contributed by atoms with Crippen molar-refractivity contribution in [2.45, 2.75) is 26.3 Å². The highest BCUT2D eigenvalue weighted by Crippen LogP contribution is 2.12. The summed E-state index contributed by atoms with van der Waals surface area (Å²) < 4.78 is 0. The molecule has 2 heterocycles. The molecule has 0 aromatic carbocycles. The molecule has 0 aliphatic carbocycles. The van der Waals surface area contributed by atoms with Crippen LogP contribution in [0.25, 0.3) is 0 Å². The predicted octanol–water partition coefficient (Wildman–Crippen LogP) is 1.43. The second-order valence-corrected chi connectivity index (χ2v) is 3.34. The van der Waals surface area contributed by atoms with Gasteiger partial charge in [0.25, 0.3) is 0 Å². The molecule has 12 heavy (non-hydrogen) atoms. The zero-order valence-corrected chi connectivity index (χ0v) is 7.43. The van der Waals surface area contributed by atoms with E-state index in [0.717, 1.165) is 25.2 Å². The summed E-state index contributed by atoms with van der Waals surface area (Å²) in [4.78, 5) is 4.53. The van der Waals surface area contributed by atoms with Gasteiger partial charge in [-0.25, -0.2) is 0 Å². The van der Waals surface area contributed by atoms with Crippen molar-refractivity contribution in [1.29, 1.82) is 0 Å². The number of hydrogen-bond acceptors (Lipinski definition) is 2. The van der Waals surface area contributed by atoms with Gasteiger partial charge in [-0.3, -0.25) is 4.98 Å². The van der Waals surface area contributed by atoms with E-state index in [1.165, 1.54) is 17.7 Å². The third-order valence-corrected chi connectivity index (χ3v) is 2.29. The number of aryl methyl sites for hydroxylation is 2. The second-order valence-electron chi connectivity index (χ2n) is 3.34. The average Bonchev–Trinajstić information content (AvgIpc) is 2.28. The molecule has 1 aliphatic rings. The molecule has 0 fully saturated rings. The first-order valence-electron chi connectivity index (χ1n) is 4.52. The van der Waals surface area contributed by atoms with Crippen molar-refractivity contribution in [2.75, 3.05) is 6.54 Å². The Morgan fingerprint density at radius 2 is 2.33 bits per heavy atom. The molecule has 1 aliphatic heterocycles. The Morgan fingerprint density at radius 1 is 1.42 bits per heavy atom. The summed E-state index contributed by atoms with van der Waals surface area (Å²) in [5.41, 5.74) is 3.80. The Balaban J connectivity index is 2.36. The van der Waals surface area contributed by atoms with Gasteiger partial charge in [-0.05, 0) is 37.9 Å². The third kappa shape index (κ3) is 1.48. The Hall–Kier alpha value is -0.890. The maximum absolute atomic E-state index is 4.53. The molecule has 0 saturated carbocycles. The summed E-state index contributed by atoms with van der Waals surface area (Å²) in [6, 6.07) is 4.28. The molecule has 1 N–H and O–H groups in total. The number of fused-ring (bicyclic) bond motifs is 1. The molecular weight excluding hydrogens is 148 g/mol. The Bertz CT molecular complexity index is 281. The van der Waals surface area contributed by atoms with Crippen molar-refractivity contribution in [3.63, 3.8) is 0 Å². The van der Waals surface area contributed by atoms with Gasteiger partial charge in [0, 0.05) is 17.9 Å². The van der Waals surface area contributed by atoms with Crippen LogP contribution in [-0.2, 0) is 13.0 Å². The lowest BCUT2D eigenvalue weighted by Gasteiger charge is -2.04. The number of aromatic nitrogens is 1. The summed E-state index contributed by atoms with van der Waals surface area (Å²) in [7, 11) is 0. The molecule has 2 rings (SSSR count). The molecule has 0 atom stereocenters. The summed E-state index contributed by atoms with van der Waals surface area (Å²) >= 11 is 0. The summed E-state index contributed by atoms with van der Waals surface area (Å²) in [5.74, 6) is 0. The summed E-state index contributed by atoms with van der Waals surface area (Å²) in [5, 5.41) is 3.38. The maximum atomic E-state index is 4.53. The molecule has 2 nitrogen and oxygen atoms in total. The van der Waals surface area contributed by atoms with Gasteiger partial charge in [-0.15, -0.1) is 0 Å². The third-order valence-electron chi connectivity index (χ3n) is 2.29. The minimum atomic E-state index is 0.989. The average molecular weight is 162 g/mol. The van der Waals surface area contributed by atoms with Crippen LogP contribution in [0.4, 0.5) is 0 Å². The van der Waals surface area contributed by atoms with E-state index in [9.17, 15) is 0 Å². The van der Waals surface area contributed by atoms with Gasteiger partial charge in [0.15, 0.2) is 0 Å². The molecular formula is C10H14N2. The van der Waals surface area contributed by atoms with Crippen LogP contribution in [-0.4, -0.2) is 11.5 Å². The zero-order valence-electron chi connectivity index (χ0n) is 7.43. The van der Waals surface area contributed by atoms with Crippen molar-refractivity contribution < 1.29 is 0 Å². The molecule has 0 spiro atoms. The van der Waals surface area contributed by atoms with Crippen LogP contribution >= 0.6 is 0 Å². The molecule has 0 unspecified atom stereocenters. The largest absolute Gasteiger partial charge is 0.313 e. The first-order chi connectivity index (χ1) is 5.86. The van der Waals surface area contributed by atoms with Crippen LogP contribution in [0.5, 0.6) is 0 Å². The highest BCUT2D eigenvalue weighted by Gasteiger charge is 2.07. The lowest BCUT2D eigenvalue weighted by molar-refractivity contribution is 0.680. The number of hydrogen-bond donors (Lipinski definition) is 1. The number of pyridine rings is 1. The Kier molecular flexibility index (Phi) is 2.09. The zero-order chi connectivity index (χ0) is 8.39. The second kappa shape index (κ2) is 3.23. The van der Waals surface area contributed by atoms with Gasteiger partial charge in [-0.2, -0.15) is 0 Å². The topological polar surface area (TPSA) is 24.9 Å². The maximum Gasteiger partial charge on any atom is 0.0452 e. The van der Waals surface area contributed by atoms with Crippen LogP contribution < -0.4 is 5.32 Å². The fourth-order valence-electron chi connectivity index (χ4n) is 1.62. The lowest BCUT2D eigenvalue weighted by Crippen LogP contribution is -2.11. The van der Waals surface area contributed by atoms with Crippen LogP contribution in [0, 0.1) is 6.92 Å². The fourth-order valence-corrected chi connectivity index (χ4v) is 1.62. The van der Waals surface area contributed by atoms with E-state index in [4.69, 9.17) is 0 Å². The molecule has 0 amide bonds. The van der Waals surface area contributed by atoms with E-state index in [-0.39, 0.29) is 0 Å². The monoisotopic (exact) mass is 162 g/mol. The van der Waals surface area contributed by atoms with Crippen LogP contribution in [0.3, 0.4) is 0 Å². The summed E-state index contributed by atoms with van der Waals surface area (Å²) in [6.07, 6.45) is 2.34. The van der Waals surface area contributed by atoms with Crippen molar-refractivity contribution >= 4 is 0 Å². The number of nitrogens with one attached hydrogen (secondary N) is 1. The molecule has 0 bridgehead atoms. The first-order valence-corrected chi connectivity index (χ1v) is 4.52. The Labute approximate surface area is 73.0 Å². The molecule has 1 aromatic heterocycles. The van der Waals surface area contributed by atoms with Gasteiger partial charge >= 0.3 is 0 Å². The normalized spacial score (nSPS) is 16.8. The van der Waals surface area contributed by atoms with Crippen molar-refractivity contribution in [3.8, 4) is 0 Å². The standard InChI is InChI=1S/C10H14N2/c1-8-4-5-9-7-11-6-2-3-10(9)12-8/h4-5,11H,2-3,6-7H2,1H3. The van der Waals surface area contributed by atoms with Crippen molar-refractivity contribution in [3.05, 3.63) is 29.1 Å². The van der Waals surface area contributed by atoms with Crippen LogP contribution in [0.1, 0.15) is 23.4 Å². The minimum absolute atomic E-state index is 0.989. The number of nitrogens with zero attached hydrogens (tertiary/aromatic N) is 1. The van der Waals surface area contributed by atoms with E-state index < -0.39 is 0 Å².